The van der Waals surface area contributed by atoms with Gasteiger partial charge in [0.05, 0.1) is 0 Å². The maximum absolute atomic E-state index is 11.8. The van der Waals surface area contributed by atoms with E-state index in [0.717, 1.165) is 6.54 Å². The van der Waals surface area contributed by atoms with Crippen molar-refractivity contribution in [3.63, 3.8) is 0 Å². The summed E-state index contributed by atoms with van der Waals surface area (Å²) in [5.41, 5.74) is -0.741. The first-order valence-electron chi connectivity index (χ1n) is 5.54. The van der Waals surface area contributed by atoms with Crippen LogP contribution in [0.4, 0.5) is 4.79 Å². The van der Waals surface area contributed by atoms with Crippen LogP contribution in [0, 0.1) is 0 Å². The number of carbonyl (C=O) groups is 2. The summed E-state index contributed by atoms with van der Waals surface area (Å²) in [5.74, 6) is -0.0643. The molecule has 0 aliphatic heterocycles. The van der Waals surface area contributed by atoms with Gasteiger partial charge in [0.2, 0.25) is 5.91 Å². The molecule has 0 spiro atoms. The van der Waals surface area contributed by atoms with Crippen LogP contribution >= 0.6 is 0 Å². The summed E-state index contributed by atoms with van der Waals surface area (Å²) in [7, 11) is 5.60. The Morgan fingerprint density at radius 1 is 1.18 bits per heavy atom. The van der Waals surface area contributed by atoms with Gasteiger partial charge in [-0.3, -0.25) is 4.79 Å². The molecule has 0 heterocycles. The number of nitrogens with zero attached hydrogens (tertiary/aromatic N) is 2. The number of carbonyl (C=O) groups excluding carboxylic acids is 1. The molecule has 0 aromatic carbocycles. The Labute approximate surface area is 103 Å². The van der Waals surface area contributed by atoms with Gasteiger partial charge in [-0.15, -0.1) is 0 Å². The maximum atomic E-state index is 11.8. The zero-order chi connectivity index (χ0) is 13.6. The molecule has 6 heteroatoms. The molecule has 2 N–H and O–H groups in total. The molecule has 0 saturated carbocycles. The number of hydrogen-bond donors (Lipinski definition) is 2. The molecule has 0 unspecified atom stereocenters. The van der Waals surface area contributed by atoms with Crippen LogP contribution in [0.1, 0.15) is 20.3 Å². The third-order valence-electron chi connectivity index (χ3n) is 2.35. The maximum Gasteiger partial charge on any atom is 0.405 e. The normalized spacial score (nSPS) is 11.4. The van der Waals surface area contributed by atoms with Crippen molar-refractivity contribution in [3.05, 3.63) is 0 Å². The highest BCUT2D eigenvalue weighted by atomic mass is 16.4. The van der Waals surface area contributed by atoms with Crippen LogP contribution in [0.15, 0.2) is 0 Å². The van der Waals surface area contributed by atoms with E-state index in [1.165, 1.54) is 0 Å². The van der Waals surface area contributed by atoms with E-state index in [9.17, 15) is 9.59 Å². The Bertz CT molecular complexity index is 277. The highest BCUT2D eigenvalue weighted by molar-refractivity contribution is 5.78. The van der Waals surface area contributed by atoms with Crippen LogP contribution < -0.4 is 5.32 Å². The van der Waals surface area contributed by atoms with Crippen molar-refractivity contribution in [2.45, 2.75) is 25.8 Å². The second kappa shape index (κ2) is 6.44. The topological polar surface area (TPSA) is 72.9 Å². The highest BCUT2D eigenvalue weighted by Crippen LogP contribution is 2.10. The Kier molecular flexibility index (Phi) is 5.95. The molecule has 0 rings (SSSR count). The van der Waals surface area contributed by atoms with Gasteiger partial charge in [-0.05, 0) is 27.9 Å². The van der Waals surface area contributed by atoms with E-state index in [1.54, 1.807) is 25.8 Å². The van der Waals surface area contributed by atoms with Gasteiger partial charge in [0.1, 0.15) is 0 Å². The molecule has 0 radical (unpaired) electrons. The van der Waals surface area contributed by atoms with E-state index in [2.05, 4.69) is 5.32 Å². The summed E-state index contributed by atoms with van der Waals surface area (Å²) in [6.07, 6.45) is -0.956. The molecule has 0 aliphatic carbocycles. The van der Waals surface area contributed by atoms with Crippen LogP contribution in [-0.2, 0) is 4.79 Å². The van der Waals surface area contributed by atoms with E-state index >= 15 is 0 Å². The zero-order valence-corrected chi connectivity index (χ0v) is 11.3. The van der Waals surface area contributed by atoms with Crippen molar-refractivity contribution in [1.29, 1.82) is 0 Å². The lowest BCUT2D eigenvalue weighted by atomic mass is 10.0. The van der Waals surface area contributed by atoms with Gasteiger partial charge in [0.25, 0.3) is 0 Å². The van der Waals surface area contributed by atoms with E-state index in [4.69, 9.17) is 5.11 Å². The van der Waals surface area contributed by atoms with E-state index in [0.29, 0.717) is 6.54 Å². The Balaban J connectivity index is 4.19. The number of carboxylic acid groups (broad SMARTS) is 1. The lowest BCUT2D eigenvalue weighted by Gasteiger charge is -2.27. The fraction of sp³-hybridized carbons (Fsp3) is 0.818. The fourth-order valence-electron chi connectivity index (χ4n) is 1.32. The van der Waals surface area contributed by atoms with Gasteiger partial charge >= 0.3 is 6.09 Å². The number of hydrogen-bond acceptors (Lipinski definition) is 3. The van der Waals surface area contributed by atoms with Gasteiger partial charge in [0, 0.05) is 32.1 Å². The van der Waals surface area contributed by atoms with Crippen LogP contribution in [0.2, 0.25) is 0 Å². The second-order valence-corrected chi connectivity index (χ2v) is 5.11. The third-order valence-corrected chi connectivity index (χ3v) is 2.35. The average molecular weight is 245 g/mol. The van der Waals surface area contributed by atoms with Crippen molar-refractivity contribution in [1.82, 2.24) is 15.1 Å². The highest BCUT2D eigenvalue weighted by Gasteiger charge is 2.25. The molecule has 0 saturated heterocycles. The average Bonchev–Trinajstić information content (AvgIpc) is 2.10. The van der Waals surface area contributed by atoms with Crippen molar-refractivity contribution in [2.75, 3.05) is 34.2 Å². The van der Waals surface area contributed by atoms with E-state index < -0.39 is 11.6 Å². The van der Waals surface area contributed by atoms with E-state index in [-0.39, 0.29) is 12.3 Å². The SMILES string of the molecule is CN(C)CCN(C)C(=O)CC(C)(C)NC(=O)O. The Morgan fingerprint density at radius 3 is 2.12 bits per heavy atom. The zero-order valence-electron chi connectivity index (χ0n) is 11.3. The standard InChI is InChI=1S/C11H23N3O3/c1-11(2,12-10(16)17)8-9(15)14(5)7-6-13(3)4/h12H,6-8H2,1-5H3,(H,16,17). The summed E-state index contributed by atoms with van der Waals surface area (Å²) >= 11 is 0. The number of rotatable bonds is 6. The molecule has 0 bridgehead atoms. The molecule has 0 atom stereocenters. The summed E-state index contributed by atoms with van der Waals surface area (Å²) < 4.78 is 0. The quantitative estimate of drug-likeness (QED) is 0.712. The largest absolute Gasteiger partial charge is 0.465 e. The van der Waals surface area contributed by atoms with Crippen LogP contribution in [0.25, 0.3) is 0 Å². The van der Waals surface area contributed by atoms with Crippen molar-refractivity contribution in [2.24, 2.45) is 0 Å². The number of amides is 2. The monoisotopic (exact) mass is 245 g/mol. The van der Waals surface area contributed by atoms with Crippen molar-refractivity contribution in [3.8, 4) is 0 Å². The van der Waals surface area contributed by atoms with Crippen molar-refractivity contribution >= 4 is 12.0 Å². The molecular weight excluding hydrogens is 222 g/mol. The number of nitrogens with one attached hydrogen (secondary N) is 1. The Morgan fingerprint density at radius 2 is 1.71 bits per heavy atom. The van der Waals surface area contributed by atoms with Gasteiger partial charge < -0.3 is 20.2 Å². The predicted molar refractivity (Wildman–Crippen MR) is 66.0 cm³/mol. The van der Waals surface area contributed by atoms with Gasteiger partial charge in [-0.1, -0.05) is 0 Å². The van der Waals surface area contributed by atoms with Crippen molar-refractivity contribution < 1.29 is 14.7 Å². The van der Waals surface area contributed by atoms with Crippen LogP contribution in [0.5, 0.6) is 0 Å². The second-order valence-electron chi connectivity index (χ2n) is 5.11. The molecule has 0 aliphatic rings. The van der Waals surface area contributed by atoms with Crippen LogP contribution in [-0.4, -0.2) is 66.7 Å². The molecule has 2 amide bonds. The predicted octanol–water partition coefficient (Wildman–Crippen LogP) is 0.443. The molecule has 0 aromatic heterocycles. The lowest BCUT2D eigenvalue weighted by Crippen LogP contribution is -2.47. The van der Waals surface area contributed by atoms with Crippen LogP contribution in [0.3, 0.4) is 0 Å². The lowest BCUT2D eigenvalue weighted by molar-refractivity contribution is -0.131. The van der Waals surface area contributed by atoms with Gasteiger partial charge in [-0.25, -0.2) is 4.79 Å². The fourth-order valence-corrected chi connectivity index (χ4v) is 1.32. The number of likely N-dealkylation sites (N-methyl/N-ethyl adjacent to an activating group) is 2. The molecule has 17 heavy (non-hydrogen) atoms. The first-order valence-corrected chi connectivity index (χ1v) is 5.54. The summed E-state index contributed by atoms with van der Waals surface area (Å²) in [4.78, 5) is 26.0. The van der Waals surface area contributed by atoms with E-state index in [1.807, 2.05) is 19.0 Å². The summed E-state index contributed by atoms with van der Waals surface area (Å²) in [6.45, 7) is 4.81. The minimum Gasteiger partial charge on any atom is -0.465 e. The first kappa shape index (κ1) is 15.7. The molecule has 0 fully saturated rings. The molecular formula is C11H23N3O3. The summed E-state index contributed by atoms with van der Waals surface area (Å²) in [5, 5.41) is 11.0. The summed E-state index contributed by atoms with van der Waals surface area (Å²) in [6, 6.07) is 0. The van der Waals surface area contributed by atoms with Gasteiger partial charge in [-0.2, -0.15) is 0 Å². The minimum absolute atomic E-state index is 0.0643. The first-order chi connectivity index (χ1) is 7.64. The Hall–Kier alpha value is -1.30. The molecule has 6 nitrogen and oxygen atoms in total. The van der Waals surface area contributed by atoms with Gasteiger partial charge in [0.15, 0.2) is 0 Å². The smallest absolute Gasteiger partial charge is 0.405 e. The molecule has 100 valence electrons. The molecule has 0 aromatic rings. The minimum atomic E-state index is -1.11. The third kappa shape index (κ3) is 7.57.